The molecule has 3 rings (SSSR count). The summed E-state index contributed by atoms with van der Waals surface area (Å²) in [5.41, 5.74) is 4.44. The Morgan fingerprint density at radius 1 is 1.15 bits per heavy atom. The maximum Gasteiger partial charge on any atom is 0.310 e. The number of carbonyl (C=O) groups is 1. The molecule has 0 saturated heterocycles. The number of esters is 1. The molecule has 2 atom stereocenters. The van der Waals surface area contributed by atoms with Crippen molar-refractivity contribution in [3.05, 3.63) is 70.8 Å². The lowest BCUT2D eigenvalue weighted by Crippen LogP contribution is -2.11. The van der Waals surface area contributed by atoms with E-state index in [0.29, 0.717) is 6.61 Å². The fourth-order valence-corrected chi connectivity index (χ4v) is 3.83. The number of hydrogen-bond donors (Lipinski definition) is 0. The Balaban J connectivity index is 1.71. The Morgan fingerprint density at radius 2 is 1.85 bits per heavy atom. The zero-order valence-corrected chi connectivity index (χ0v) is 16.5. The lowest BCUT2D eigenvalue weighted by atomic mass is 9.97. The second kappa shape index (κ2) is 7.28. The van der Waals surface area contributed by atoms with Gasteiger partial charge < -0.3 is 4.74 Å². The molecule has 2 aromatic rings. The Kier molecular flexibility index (Phi) is 5.24. The van der Waals surface area contributed by atoms with E-state index >= 15 is 0 Å². The van der Waals surface area contributed by atoms with Crippen LogP contribution >= 0.6 is 11.6 Å². The number of halogens is 1. The highest BCUT2D eigenvalue weighted by molar-refractivity contribution is 6.29. The highest BCUT2D eigenvalue weighted by Crippen LogP contribution is 2.60. The molecule has 1 aliphatic rings. The van der Waals surface area contributed by atoms with Gasteiger partial charge in [-0.1, -0.05) is 80.1 Å². The van der Waals surface area contributed by atoms with E-state index in [4.69, 9.17) is 16.3 Å². The van der Waals surface area contributed by atoms with E-state index in [9.17, 15) is 4.79 Å². The van der Waals surface area contributed by atoms with Crippen molar-refractivity contribution in [2.75, 3.05) is 0 Å². The molecule has 0 aliphatic heterocycles. The molecule has 0 radical (unpaired) electrons. The van der Waals surface area contributed by atoms with Crippen LogP contribution in [-0.2, 0) is 16.1 Å². The summed E-state index contributed by atoms with van der Waals surface area (Å²) in [5.74, 6) is -0.100. The molecular weight excluding hydrogens is 344 g/mol. The molecule has 0 amide bonds. The number of carbonyl (C=O) groups excluding carboxylic acids is 1. The van der Waals surface area contributed by atoms with Gasteiger partial charge in [0.1, 0.15) is 6.61 Å². The third-order valence-corrected chi connectivity index (χ3v) is 5.60. The van der Waals surface area contributed by atoms with Crippen LogP contribution in [0.15, 0.2) is 59.6 Å². The van der Waals surface area contributed by atoms with Crippen LogP contribution in [0.3, 0.4) is 0 Å². The highest BCUT2D eigenvalue weighted by Gasteiger charge is 2.61. The second-order valence-corrected chi connectivity index (χ2v) is 8.24. The van der Waals surface area contributed by atoms with Gasteiger partial charge in [0, 0.05) is 5.03 Å². The Hall–Kier alpha value is -2.06. The molecular formula is C23H25ClO2. The molecule has 136 valence electrons. The summed E-state index contributed by atoms with van der Waals surface area (Å²) in [7, 11) is 0. The molecule has 1 saturated carbocycles. The quantitative estimate of drug-likeness (QED) is 0.594. The van der Waals surface area contributed by atoms with E-state index in [2.05, 4.69) is 39.0 Å². The van der Waals surface area contributed by atoms with Crippen LogP contribution in [0.2, 0.25) is 0 Å². The molecule has 3 heteroatoms. The van der Waals surface area contributed by atoms with Gasteiger partial charge >= 0.3 is 5.97 Å². The SMILES string of the molecule is C/C(Cl)=C/[C@H]1[C@@H](C(=O)OCc2cccc(-c3ccccc3)c2C)C1(C)C. The number of benzene rings is 2. The maximum absolute atomic E-state index is 12.6. The first-order valence-corrected chi connectivity index (χ1v) is 9.34. The number of ether oxygens (including phenoxy) is 1. The third-order valence-electron chi connectivity index (χ3n) is 5.47. The molecule has 1 aliphatic carbocycles. The number of rotatable bonds is 5. The average molecular weight is 369 g/mol. The lowest BCUT2D eigenvalue weighted by molar-refractivity contribution is -0.147. The molecule has 26 heavy (non-hydrogen) atoms. The second-order valence-electron chi connectivity index (χ2n) is 7.64. The number of hydrogen-bond acceptors (Lipinski definition) is 2. The Labute approximate surface area is 160 Å². The largest absolute Gasteiger partial charge is 0.461 e. The molecule has 1 fully saturated rings. The van der Waals surface area contributed by atoms with Crippen molar-refractivity contribution < 1.29 is 9.53 Å². The molecule has 0 heterocycles. The molecule has 2 nitrogen and oxygen atoms in total. The zero-order valence-electron chi connectivity index (χ0n) is 15.8. The summed E-state index contributed by atoms with van der Waals surface area (Å²) in [6.07, 6.45) is 1.97. The minimum atomic E-state index is -0.140. The molecule has 0 spiro atoms. The summed E-state index contributed by atoms with van der Waals surface area (Å²) >= 11 is 5.99. The summed E-state index contributed by atoms with van der Waals surface area (Å²) in [6.45, 7) is 8.39. The van der Waals surface area contributed by atoms with Crippen LogP contribution in [-0.4, -0.2) is 5.97 Å². The molecule has 0 N–H and O–H groups in total. The van der Waals surface area contributed by atoms with Crippen molar-refractivity contribution in [2.45, 2.75) is 34.3 Å². The van der Waals surface area contributed by atoms with Gasteiger partial charge in [0.05, 0.1) is 5.92 Å². The normalized spacial score (nSPS) is 21.3. The van der Waals surface area contributed by atoms with Crippen LogP contribution in [0.1, 0.15) is 31.9 Å². The van der Waals surface area contributed by atoms with E-state index in [1.165, 1.54) is 11.1 Å². The number of allylic oxidation sites excluding steroid dienone is 2. The first kappa shape index (κ1) is 18.7. The van der Waals surface area contributed by atoms with E-state index in [0.717, 1.165) is 16.2 Å². The molecule has 0 unspecified atom stereocenters. The van der Waals surface area contributed by atoms with Gasteiger partial charge in [-0.2, -0.15) is 0 Å². The van der Waals surface area contributed by atoms with Crippen LogP contribution < -0.4 is 0 Å². The van der Waals surface area contributed by atoms with Crippen LogP contribution in [0.5, 0.6) is 0 Å². The van der Waals surface area contributed by atoms with E-state index in [1.807, 2.05) is 43.3 Å². The molecule has 2 aromatic carbocycles. The Morgan fingerprint density at radius 3 is 2.50 bits per heavy atom. The van der Waals surface area contributed by atoms with Crippen molar-refractivity contribution in [3.8, 4) is 11.1 Å². The topological polar surface area (TPSA) is 26.3 Å². The van der Waals surface area contributed by atoms with Crippen molar-refractivity contribution in [2.24, 2.45) is 17.3 Å². The van der Waals surface area contributed by atoms with Crippen LogP contribution in [0.4, 0.5) is 0 Å². The van der Waals surface area contributed by atoms with Crippen molar-refractivity contribution >= 4 is 17.6 Å². The summed E-state index contributed by atoms with van der Waals surface area (Å²) in [6, 6.07) is 16.4. The van der Waals surface area contributed by atoms with Gasteiger partial charge in [-0.25, -0.2) is 0 Å². The predicted molar refractivity (Wildman–Crippen MR) is 107 cm³/mol. The van der Waals surface area contributed by atoms with Gasteiger partial charge in [0.15, 0.2) is 0 Å². The Bertz CT molecular complexity index is 833. The smallest absolute Gasteiger partial charge is 0.310 e. The first-order valence-electron chi connectivity index (χ1n) is 8.97. The predicted octanol–water partition coefficient (Wildman–Crippen LogP) is 6.12. The molecule has 0 bridgehead atoms. The summed E-state index contributed by atoms with van der Waals surface area (Å²) < 4.78 is 5.66. The zero-order chi connectivity index (χ0) is 18.9. The van der Waals surface area contributed by atoms with Gasteiger partial charge in [-0.15, -0.1) is 0 Å². The highest BCUT2D eigenvalue weighted by atomic mass is 35.5. The van der Waals surface area contributed by atoms with Crippen molar-refractivity contribution in [3.63, 3.8) is 0 Å². The van der Waals surface area contributed by atoms with Gasteiger partial charge in [-0.3, -0.25) is 4.79 Å². The minimum absolute atomic E-state index is 0.0891. The summed E-state index contributed by atoms with van der Waals surface area (Å²) in [4.78, 5) is 12.6. The van der Waals surface area contributed by atoms with Crippen molar-refractivity contribution in [1.29, 1.82) is 0 Å². The molecule has 0 aromatic heterocycles. The fraction of sp³-hybridized carbons (Fsp3) is 0.348. The third kappa shape index (κ3) is 3.71. The monoisotopic (exact) mass is 368 g/mol. The van der Waals surface area contributed by atoms with Gasteiger partial charge in [-0.05, 0) is 47.4 Å². The van der Waals surface area contributed by atoms with Gasteiger partial charge in [0.2, 0.25) is 0 Å². The van der Waals surface area contributed by atoms with E-state index in [-0.39, 0.29) is 23.2 Å². The standard InChI is InChI=1S/C23H25ClO2/c1-15(24)13-20-21(23(20,3)4)22(25)26-14-18-11-8-12-19(16(18)2)17-9-6-5-7-10-17/h5-13,20-21H,14H2,1-4H3/b15-13-/t20-,21-/m0/s1. The lowest BCUT2D eigenvalue weighted by Gasteiger charge is -2.12. The van der Waals surface area contributed by atoms with E-state index in [1.54, 1.807) is 0 Å². The minimum Gasteiger partial charge on any atom is -0.461 e. The van der Waals surface area contributed by atoms with Crippen molar-refractivity contribution in [1.82, 2.24) is 0 Å². The van der Waals surface area contributed by atoms with Crippen LogP contribution in [0, 0.1) is 24.2 Å². The average Bonchev–Trinajstić information content (AvgIpc) is 3.14. The summed E-state index contributed by atoms with van der Waals surface area (Å²) in [5, 5.41) is 0.727. The first-order chi connectivity index (χ1) is 12.3. The van der Waals surface area contributed by atoms with Crippen LogP contribution in [0.25, 0.3) is 11.1 Å². The van der Waals surface area contributed by atoms with Gasteiger partial charge in [0.25, 0.3) is 0 Å². The maximum atomic E-state index is 12.6. The fourth-order valence-electron chi connectivity index (χ4n) is 3.70. The van der Waals surface area contributed by atoms with E-state index < -0.39 is 0 Å².